The number of hydrogen-bond acceptors (Lipinski definition) is 9. The molecule has 1 aliphatic rings. The van der Waals surface area contributed by atoms with Gasteiger partial charge in [-0.15, -0.1) is 0 Å². The van der Waals surface area contributed by atoms with E-state index in [2.05, 4.69) is 5.32 Å². The van der Waals surface area contributed by atoms with Crippen molar-refractivity contribution in [1.29, 1.82) is 0 Å². The lowest BCUT2D eigenvalue weighted by Crippen LogP contribution is -2.17. The summed E-state index contributed by atoms with van der Waals surface area (Å²) in [4.78, 5) is 41.8. The molecule has 0 atom stereocenters. The van der Waals surface area contributed by atoms with Gasteiger partial charge in [0.25, 0.3) is 22.7 Å². The highest BCUT2D eigenvalue weighted by Gasteiger charge is 2.42. The van der Waals surface area contributed by atoms with E-state index in [1.807, 2.05) is 0 Å². The van der Waals surface area contributed by atoms with E-state index in [0.717, 1.165) is 24.3 Å². The molecule has 138 valence electrons. The summed E-state index contributed by atoms with van der Waals surface area (Å²) in [5, 5.41) is 47.9. The average Bonchev–Trinajstić information content (AvgIpc) is 2.93. The molecule has 0 radical (unpaired) electrons. The number of nitrogens with zero attached hydrogens (tertiary/aromatic N) is 4. The number of nitro benzene ring substituents is 4. The highest BCUT2D eigenvalue weighted by molar-refractivity contribution is 5.88. The molecule has 0 saturated carbocycles. The molecule has 0 aliphatic heterocycles. The van der Waals surface area contributed by atoms with Crippen molar-refractivity contribution in [2.75, 3.05) is 7.05 Å². The zero-order valence-corrected chi connectivity index (χ0v) is 13.4. The van der Waals surface area contributed by atoms with Gasteiger partial charge in [0, 0.05) is 23.3 Å². The first-order valence-corrected chi connectivity index (χ1v) is 7.28. The first kappa shape index (κ1) is 17.8. The SMILES string of the molecule is CNC1c2c(cc([N+](=O)[O-])cc2[N+](=O)[O-])-c2cc([N+](=O)[O-])cc([N+](=O)[O-])c21. The van der Waals surface area contributed by atoms with Gasteiger partial charge in [-0.2, -0.15) is 0 Å². The minimum atomic E-state index is -1.03. The van der Waals surface area contributed by atoms with Crippen molar-refractivity contribution >= 4 is 22.7 Å². The van der Waals surface area contributed by atoms with Crippen LogP contribution in [0.5, 0.6) is 0 Å². The number of nitrogens with one attached hydrogen (secondary N) is 1. The topological polar surface area (TPSA) is 185 Å². The standard InChI is InChI=1S/C14H9N5O8/c1-15-14-12-8(2-6(16(20)21)4-10(12)18(24)25)9-3-7(17(22)23)5-11(13(9)14)19(26)27/h2-5,14-15H,1H3. The predicted molar refractivity (Wildman–Crippen MR) is 89.4 cm³/mol. The van der Waals surface area contributed by atoms with Gasteiger partial charge >= 0.3 is 0 Å². The third-order valence-electron chi connectivity index (χ3n) is 4.26. The zero-order chi connectivity index (χ0) is 20.0. The Balaban J connectivity index is 2.48. The van der Waals surface area contributed by atoms with Crippen molar-refractivity contribution in [3.63, 3.8) is 0 Å². The van der Waals surface area contributed by atoms with E-state index in [0.29, 0.717) is 0 Å². The van der Waals surface area contributed by atoms with Crippen molar-refractivity contribution in [3.05, 3.63) is 75.8 Å². The first-order valence-electron chi connectivity index (χ1n) is 7.28. The molecule has 0 heterocycles. The fourth-order valence-corrected chi connectivity index (χ4v) is 3.24. The smallest absolute Gasteiger partial charge is 0.282 e. The Hall–Kier alpha value is -4.00. The third-order valence-corrected chi connectivity index (χ3v) is 4.26. The van der Waals surface area contributed by atoms with E-state index in [4.69, 9.17) is 0 Å². The molecule has 0 aromatic heterocycles. The van der Waals surface area contributed by atoms with Gasteiger partial charge in [-0.05, 0) is 7.05 Å². The number of rotatable bonds is 5. The minimum Gasteiger partial charge on any atom is -0.309 e. The highest BCUT2D eigenvalue weighted by atomic mass is 16.6. The second-order valence-electron chi connectivity index (χ2n) is 5.60. The summed E-state index contributed by atoms with van der Waals surface area (Å²) in [7, 11) is 1.40. The van der Waals surface area contributed by atoms with Crippen LogP contribution >= 0.6 is 0 Å². The summed E-state index contributed by atoms with van der Waals surface area (Å²) in [6, 6.07) is 2.53. The maximum absolute atomic E-state index is 11.5. The van der Waals surface area contributed by atoms with Gasteiger partial charge in [0.2, 0.25) is 0 Å². The molecule has 1 N–H and O–H groups in total. The maximum atomic E-state index is 11.5. The monoisotopic (exact) mass is 375 g/mol. The molecule has 3 rings (SSSR count). The van der Waals surface area contributed by atoms with Crippen LogP contribution in [-0.4, -0.2) is 26.7 Å². The average molecular weight is 375 g/mol. The summed E-state index contributed by atoms with van der Waals surface area (Å²) >= 11 is 0. The highest BCUT2D eigenvalue weighted by Crippen LogP contribution is 2.52. The molecule has 2 aromatic rings. The summed E-state index contributed by atoms with van der Waals surface area (Å²) in [5.74, 6) is 0. The molecule has 13 nitrogen and oxygen atoms in total. The molecule has 2 aromatic carbocycles. The summed E-state index contributed by atoms with van der Waals surface area (Å²) in [6.07, 6.45) is 0. The molecule has 13 heteroatoms. The number of fused-ring (bicyclic) bond motifs is 3. The van der Waals surface area contributed by atoms with Crippen LogP contribution in [-0.2, 0) is 0 Å². The Bertz CT molecular complexity index is 969. The molecule has 0 bridgehead atoms. The fourth-order valence-electron chi connectivity index (χ4n) is 3.24. The zero-order valence-electron chi connectivity index (χ0n) is 13.4. The lowest BCUT2D eigenvalue weighted by Gasteiger charge is -2.12. The maximum Gasteiger partial charge on any atom is 0.282 e. The van der Waals surface area contributed by atoms with E-state index >= 15 is 0 Å². The van der Waals surface area contributed by atoms with Crippen LogP contribution in [0.1, 0.15) is 17.2 Å². The van der Waals surface area contributed by atoms with Gasteiger partial charge in [0.05, 0.1) is 49.0 Å². The van der Waals surface area contributed by atoms with E-state index in [1.165, 1.54) is 7.05 Å². The second kappa shape index (κ2) is 6.06. The van der Waals surface area contributed by atoms with E-state index in [1.54, 1.807) is 0 Å². The van der Waals surface area contributed by atoms with Gasteiger partial charge in [-0.25, -0.2) is 0 Å². The Morgan fingerprint density at radius 1 is 0.704 bits per heavy atom. The quantitative estimate of drug-likeness (QED) is 0.605. The van der Waals surface area contributed by atoms with Crippen LogP contribution in [0.3, 0.4) is 0 Å². The summed E-state index contributed by atoms with van der Waals surface area (Å²) in [6.45, 7) is 0. The number of non-ortho nitro benzene ring substituents is 2. The normalized spacial score (nSPS) is 12.3. The first-order chi connectivity index (χ1) is 12.7. The molecule has 0 saturated heterocycles. The fraction of sp³-hybridized carbons (Fsp3) is 0.143. The van der Waals surface area contributed by atoms with E-state index < -0.39 is 48.5 Å². The Morgan fingerprint density at radius 2 is 1.07 bits per heavy atom. The van der Waals surface area contributed by atoms with Gasteiger partial charge < -0.3 is 5.32 Å². The molecule has 0 spiro atoms. The van der Waals surface area contributed by atoms with Crippen LogP contribution in [0.25, 0.3) is 11.1 Å². The Kier molecular flexibility index (Phi) is 4.00. The number of nitro groups is 4. The van der Waals surface area contributed by atoms with Crippen LogP contribution in [0, 0.1) is 40.5 Å². The number of benzene rings is 2. The Labute approximate surface area is 148 Å². The molecule has 0 unspecified atom stereocenters. The predicted octanol–water partition coefficient (Wildman–Crippen LogP) is 2.61. The van der Waals surface area contributed by atoms with Crippen molar-refractivity contribution in [2.24, 2.45) is 0 Å². The summed E-state index contributed by atoms with van der Waals surface area (Å²) < 4.78 is 0. The van der Waals surface area contributed by atoms with Crippen molar-refractivity contribution in [2.45, 2.75) is 6.04 Å². The molecule has 0 amide bonds. The van der Waals surface area contributed by atoms with Gasteiger partial charge in [-0.3, -0.25) is 40.5 Å². The van der Waals surface area contributed by atoms with E-state index in [9.17, 15) is 40.5 Å². The Morgan fingerprint density at radius 3 is 1.33 bits per heavy atom. The molecular weight excluding hydrogens is 366 g/mol. The van der Waals surface area contributed by atoms with Gasteiger partial charge in [0.1, 0.15) is 0 Å². The van der Waals surface area contributed by atoms with Crippen LogP contribution < -0.4 is 5.32 Å². The summed E-state index contributed by atoms with van der Waals surface area (Å²) in [5.41, 5.74) is -2.51. The van der Waals surface area contributed by atoms with Gasteiger partial charge in [0.15, 0.2) is 0 Å². The third kappa shape index (κ3) is 2.62. The minimum absolute atomic E-state index is 0.0216. The largest absolute Gasteiger partial charge is 0.309 e. The molecule has 1 aliphatic carbocycles. The van der Waals surface area contributed by atoms with Crippen LogP contribution in [0.4, 0.5) is 22.7 Å². The second-order valence-corrected chi connectivity index (χ2v) is 5.60. The lowest BCUT2D eigenvalue weighted by atomic mass is 10.0. The van der Waals surface area contributed by atoms with E-state index in [-0.39, 0.29) is 22.3 Å². The lowest BCUT2D eigenvalue weighted by molar-refractivity contribution is -0.394. The van der Waals surface area contributed by atoms with Crippen molar-refractivity contribution in [3.8, 4) is 11.1 Å². The molecule has 0 fully saturated rings. The van der Waals surface area contributed by atoms with Crippen molar-refractivity contribution < 1.29 is 19.7 Å². The van der Waals surface area contributed by atoms with Crippen LogP contribution in [0.2, 0.25) is 0 Å². The molecular formula is C14H9N5O8. The number of hydrogen-bond donors (Lipinski definition) is 1. The molecule has 27 heavy (non-hydrogen) atoms. The van der Waals surface area contributed by atoms with Gasteiger partial charge in [-0.1, -0.05) is 0 Å². The van der Waals surface area contributed by atoms with Crippen LogP contribution in [0.15, 0.2) is 24.3 Å². The van der Waals surface area contributed by atoms with Crippen molar-refractivity contribution in [1.82, 2.24) is 5.32 Å².